The lowest BCUT2D eigenvalue weighted by Crippen LogP contribution is -1.93. The van der Waals surface area contributed by atoms with E-state index in [1.807, 2.05) is 6.08 Å². The van der Waals surface area contributed by atoms with Crippen molar-refractivity contribution in [3.05, 3.63) is 12.2 Å². The maximum absolute atomic E-state index is 10.9. The Morgan fingerprint density at radius 2 is 0.893 bits per heavy atom. The monoisotopic (exact) mass is 394 g/mol. The first kappa shape index (κ1) is 27.2. The first-order valence-corrected chi connectivity index (χ1v) is 12.6. The molecule has 0 aromatic heterocycles. The molecule has 0 N–H and O–H groups in total. The number of esters is 1. The SMILES string of the molecule is CCCCCCCCCCCCCCCCCCCCCC/C=C/C(=O)OC. The first-order valence-electron chi connectivity index (χ1n) is 12.6. The van der Waals surface area contributed by atoms with Crippen molar-refractivity contribution in [1.82, 2.24) is 0 Å². The number of hydrogen-bond donors (Lipinski definition) is 0. The third kappa shape index (κ3) is 23.2. The Hall–Kier alpha value is -0.790. The summed E-state index contributed by atoms with van der Waals surface area (Å²) in [5.41, 5.74) is 0. The molecule has 2 heteroatoms. The predicted octanol–water partition coefficient (Wildman–Crippen LogP) is 8.93. The van der Waals surface area contributed by atoms with Gasteiger partial charge in [0.15, 0.2) is 0 Å². The molecule has 0 aliphatic carbocycles. The van der Waals surface area contributed by atoms with Crippen LogP contribution in [0, 0.1) is 0 Å². The van der Waals surface area contributed by atoms with Crippen molar-refractivity contribution >= 4 is 5.97 Å². The van der Waals surface area contributed by atoms with Crippen LogP contribution in [0.1, 0.15) is 142 Å². The summed E-state index contributed by atoms with van der Waals surface area (Å²) in [7, 11) is 1.42. The van der Waals surface area contributed by atoms with E-state index < -0.39 is 0 Å². The zero-order chi connectivity index (χ0) is 20.5. The summed E-state index contributed by atoms with van der Waals surface area (Å²) in [6, 6.07) is 0. The topological polar surface area (TPSA) is 26.3 Å². The summed E-state index contributed by atoms with van der Waals surface area (Å²) in [6.45, 7) is 2.29. The number of ether oxygens (including phenoxy) is 1. The predicted molar refractivity (Wildman–Crippen MR) is 124 cm³/mol. The number of allylic oxidation sites excluding steroid dienone is 1. The van der Waals surface area contributed by atoms with Crippen LogP contribution in [0.5, 0.6) is 0 Å². The van der Waals surface area contributed by atoms with Crippen molar-refractivity contribution in [2.45, 2.75) is 142 Å². The molecule has 0 unspecified atom stereocenters. The number of rotatable bonds is 22. The Kier molecular flexibility index (Phi) is 23.6. The molecule has 0 spiro atoms. The minimum atomic E-state index is -0.242. The van der Waals surface area contributed by atoms with Gasteiger partial charge in [-0.25, -0.2) is 4.79 Å². The van der Waals surface area contributed by atoms with Gasteiger partial charge in [-0.2, -0.15) is 0 Å². The summed E-state index contributed by atoms with van der Waals surface area (Å²) in [5.74, 6) is -0.242. The Bertz CT molecular complexity index is 335. The Labute approximate surface area is 176 Å². The van der Waals surface area contributed by atoms with Gasteiger partial charge in [0.2, 0.25) is 0 Å². The van der Waals surface area contributed by atoms with Crippen LogP contribution < -0.4 is 0 Å². The fraction of sp³-hybridized carbons (Fsp3) is 0.885. The van der Waals surface area contributed by atoms with Crippen LogP contribution in [-0.2, 0) is 9.53 Å². The second-order valence-corrected chi connectivity index (χ2v) is 8.43. The minimum absolute atomic E-state index is 0.242. The van der Waals surface area contributed by atoms with Gasteiger partial charge in [0.25, 0.3) is 0 Å². The molecule has 0 aliphatic rings. The summed E-state index contributed by atoms with van der Waals surface area (Å²) in [5, 5.41) is 0. The van der Waals surface area contributed by atoms with Crippen LogP contribution in [0.2, 0.25) is 0 Å². The van der Waals surface area contributed by atoms with Crippen molar-refractivity contribution in [2.24, 2.45) is 0 Å². The fourth-order valence-electron chi connectivity index (χ4n) is 3.76. The van der Waals surface area contributed by atoms with Crippen molar-refractivity contribution in [1.29, 1.82) is 0 Å². The quantitative estimate of drug-likeness (QED) is 0.104. The van der Waals surface area contributed by atoms with Crippen molar-refractivity contribution in [2.75, 3.05) is 7.11 Å². The second-order valence-electron chi connectivity index (χ2n) is 8.43. The van der Waals surface area contributed by atoms with E-state index in [0.717, 1.165) is 6.42 Å². The highest BCUT2D eigenvalue weighted by Gasteiger charge is 1.95. The lowest BCUT2D eigenvalue weighted by Gasteiger charge is -2.04. The largest absolute Gasteiger partial charge is 0.466 e. The van der Waals surface area contributed by atoms with Crippen molar-refractivity contribution in [3.63, 3.8) is 0 Å². The molecular formula is C26H50O2. The molecule has 0 bridgehead atoms. The van der Waals surface area contributed by atoms with Gasteiger partial charge >= 0.3 is 5.97 Å². The van der Waals surface area contributed by atoms with Crippen LogP contribution in [0.3, 0.4) is 0 Å². The zero-order valence-electron chi connectivity index (χ0n) is 19.3. The molecule has 28 heavy (non-hydrogen) atoms. The normalized spacial score (nSPS) is 11.4. The van der Waals surface area contributed by atoms with Gasteiger partial charge in [-0.1, -0.05) is 135 Å². The summed E-state index contributed by atoms with van der Waals surface area (Å²) in [4.78, 5) is 10.9. The molecular weight excluding hydrogens is 344 g/mol. The maximum Gasteiger partial charge on any atom is 0.330 e. The average molecular weight is 395 g/mol. The number of carbonyl (C=O) groups is 1. The zero-order valence-corrected chi connectivity index (χ0v) is 19.3. The molecule has 0 saturated carbocycles. The van der Waals surface area contributed by atoms with Gasteiger partial charge < -0.3 is 4.74 Å². The second kappa shape index (κ2) is 24.2. The van der Waals surface area contributed by atoms with E-state index in [1.165, 1.54) is 142 Å². The van der Waals surface area contributed by atoms with Gasteiger partial charge in [-0.15, -0.1) is 0 Å². The summed E-state index contributed by atoms with van der Waals surface area (Å²) in [6.07, 6.45) is 32.7. The lowest BCUT2D eigenvalue weighted by molar-refractivity contribution is -0.134. The molecule has 0 aromatic rings. The van der Waals surface area contributed by atoms with E-state index in [4.69, 9.17) is 0 Å². The minimum Gasteiger partial charge on any atom is -0.466 e. The molecule has 0 aromatic carbocycles. The number of hydrogen-bond acceptors (Lipinski definition) is 2. The van der Waals surface area contributed by atoms with E-state index in [-0.39, 0.29) is 5.97 Å². The molecule has 0 radical (unpaired) electrons. The van der Waals surface area contributed by atoms with Gasteiger partial charge in [-0.05, 0) is 12.8 Å². The summed E-state index contributed by atoms with van der Waals surface area (Å²) < 4.78 is 4.57. The molecule has 0 saturated heterocycles. The van der Waals surface area contributed by atoms with Crippen LogP contribution in [0.25, 0.3) is 0 Å². The van der Waals surface area contributed by atoms with Gasteiger partial charge in [-0.3, -0.25) is 0 Å². The van der Waals surface area contributed by atoms with Crippen LogP contribution >= 0.6 is 0 Å². The van der Waals surface area contributed by atoms with Crippen molar-refractivity contribution in [3.8, 4) is 0 Å². The smallest absolute Gasteiger partial charge is 0.330 e. The first-order chi connectivity index (χ1) is 13.8. The van der Waals surface area contributed by atoms with Gasteiger partial charge in [0.05, 0.1) is 7.11 Å². The fourth-order valence-corrected chi connectivity index (χ4v) is 3.76. The number of carbonyl (C=O) groups excluding carboxylic acids is 1. The third-order valence-electron chi connectivity index (χ3n) is 5.68. The van der Waals surface area contributed by atoms with Gasteiger partial charge in [0, 0.05) is 6.08 Å². The number of methoxy groups -OCH3 is 1. The highest BCUT2D eigenvalue weighted by molar-refractivity contribution is 5.81. The molecule has 0 rings (SSSR count). The molecule has 0 amide bonds. The Morgan fingerprint density at radius 3 is 1.21 bits per heavy atom. The van der Waals surface area contributed by atoms with E-state index >= 15 is 0 Å². The Morgan fingerprint density at radius 1 is 0.571 bits per heavy atom. The Balaban J connectivity index is 3.05. The highest BCUT2D eigenvalue weighted by Crippen LogP contribution is 2.15. The average Bonchev–Trinajstić information content (AvgIpc) is 2.71. The van der Waals surface area contributed by atoms with Crippen LogP contribution in [0.15, 0.2) is 12.2 Å². The molecule has 166 valence electrons. The van der Waals surface area contributed by atoms with Crippen LogP contribution in [-0.4, -0.2) is 13.1 Å². The maximum atomic E-state index is 10.9. The van der Waals surface area contributed by atoms with E-state index in [0.29, 0.717) is 0 Å². The van der Waals surface area contributed by atoms with Gasteiger partial charge in [0.1, 0.15) is 0 Å². The molecule has 0 heterocycles. The molecule has 0 atom stereocenters. The molecule has 2 nitrogen and oxygen atoms in total. The van der Waals surface area contributed by atoms with Crippen molar-refractivity contribution < 1.29 is 9.53 Å². The molecule has 0 fully saturated rings. The van der Waals surface area contributed by atoms with E-state index in [1.54, 1.807) is 0 Å². The lowest BCUT2D eigenvalue weighted by atomic mass is 10.0. The van der Waals surface area contributed by atoms with E-state index in [2.05, 4.69) is 11.7 Å². The van der Waals surface area contributed by atoms with E-state index in [9.17, 15) is 4.79 Å². The number of unbranched alkanes of at least 4 members (excludes halogenated alkanes) is 20. The molecule has 0 aliphatic heterocycles. The summed E-state index contributed by atoms with van der Waals surface area (Å²) >= 11 is 0. The standard InChI is InChI=1S/C26H50O2/c1-3-4-5-6-7-8-9-10-11-12-13-14-15-16-17-18-19-20-21-22-23-24-25-26(27)28-2/h24-25H,3-23H2,1-2H3/b25-24+. The third-order valence-corrected chi connectivity index (χ3v) is 5.68. The highest BCUT2D eigenvalue weighted by atomic mass is 16.5. The van der Waals surface area contributed by atoms with Crippen LogP contribution in [0.4, 0.5) is 0 Å².